The number of aromatic nitrogens is 2. The summed E-state index contributed by atoms with van der Waals surface area (Å²) in [5, 5.41) is 13.3. The standard InChI is InChI=1S/C11H9FN4O2/c12-10-2-1-9(16(17)18)5-11(10)15-7-8-6-13-3-4-14-8/h1-6,15H,7H2. The number of nitrogens with one attached hydrogen (secondary N) is 1. The predicted molar refractivity (Wildman–Crippen MR) is 62.4 cm³/mol. The Morgan fingerprint density at radius 3 is 2.89 bits per heavy atom. The van der Waals surface area contributed by atoms with Crippen LogP contribution in [0.5, 0.6) is 0 Å². The molecule has 0 aliphatic heterocycles. The zero-order chi connectivity index (χ0) is 13.0. The molecule has 2 rings (SSSR count). The fraction of sp³-hybridized carbons (Fsp3) is 0.0909. The van der Waals surface area contributed by atoms with Gasteiger partial charge in [-0.1, -0.05) is 0 Å². The Kier molecular flexibility index (Phi) is 3.42. The molecule has 0 atom stereocenters. The van der Waals surface area contributed by atoms with Crippen LogP contribution in [0.3, 0.4) is 0 Å². The number of nitro benzene ring substituents is 1. The number of anilines is 1. The Morgan fingerprint density at radius 2 is 2.22 bits per heavy atom. The van der Waals surface area contributed by atoms with E-state index < -0.39 is 10.7 Å². The Morgan fingerprint density at radius 1 is 1.39 bits per heavy atom. The van der Waals surface area contributed by atoms with Gasteiger partial charge in [0.15, 0.2) is 0 Å². The van der Waals surface area contributed by atoms with Crippen LogP contribution in [0.15, 0.2) is 36.8 Å². The van der Waals surface area contributed by atoms with Crippen molar-refractivity contribution in [3.8, 4) is 0 Å². The van der Waals surface area contributed by atoms with Gasteiger partial charge in [-0.25, -0.2) is 4.39 Å². The average molecular weight is 248 g/mol. The Labute approximate surface area is 102 Å². The molecular formula is C11H9FN4O2. The minimum absolute atomic E-state index is 0.0647. The minimum Gasteiger partial charge on any atom is -0.377 e. The quantitative estimate of drug-likeness (QED) is 0.662. The van der Waals surface area contributed by atoms with Crippen LogP contribution in [0.2, 0.25) is 0 Å². The third kappa shape index (κ3) is 2.76. The van der Waals surface area contributed by atoms with Crippen molar-refractivity contribution >= 4 is 11.4 Å². The highest BCUT2D eigenvalue weighted by Gasteiger charge is 2.10. The van der Waals surface area contributed by atoms with Gasteiger partial charge in [-0.05, 0) is 6.07 Å². The number of benzene rings is 1. The van der Waals surface area contributed by atoms with Crippen molar-refractivity contribution in [2.24, 2.45) is 0 Å². The Hall–Kier alpha value is -2.57. The molecule has 1 aromatic heterocycles. The molecule has 0 spiro atoms. The summed E-state index contributed by atoms with van der Waals surface area (Å²) in [6.07, 6.45) is 4.57. The van der Waals surface area contributed by atoms with E-state index in [2.05, 4.69) is 15.3 Å². The van der Waals surface area contributed by atoms with Gasteiger partial charge in [0.2, 0.25) is 0 Å². The van der Waals surface area contributed by atoms with E-state index in [-0.39, 0.29) is 17.9 Å². The molecule has 0 saturated heterocycles. The normalized spacial score (nSPS) is 10.1. The molecule has 0 amide bonds. The molecule has 1 N–H and O–H groups in total. The van der Waals surface area contributed by atoms with E-state index in [0.717, 1.165) is 18.2 Å². The van der Waals surface area contributed by atoms with Crippen molar-refractivity contribution in [3.05, 3.63) is 58.4 Å². The summed E-state index contributed by atoms with van der Waals surface area (Å²) >= 11 is 0. The number of nitrogens with zero attached hydrogens (tertiary/aromatic N) is 3. The second-order valence-electron chi connectivity index (χ2n) is 3.47. The first-order valence-electron chi connectivity index (χ1n) is 5.09. The second-order valence-corrected chi connectivity index (χ2v) is 3.47. The van der Waals surface area contributed by atoms with Crippen molar-refractivity contribution in [1.29, 1.82) is 0 Å². The second kappa shape index (κ2) is 5.17. The molecule has 18 heavy (non-hydrogen) atoms. The van der Waals surface area contributed by atoms with Crippen LogP contribution in [0.4, 0.5) is 15.8 Å². The summed E-state index contributed by atoms with van der Waals surface area (Å²) in [6.45, 7) is 0.242. The zero-order valence-electron chi connectivity index (χ0n) is 9.21. The van der Waals surface area contributed by atoms with Gasteiger partial charge in [0.25, 0.3) is 5.69 Å². The first-order chi connectivity index (χ1) is 8.66. The molecule has 6 nitrogen and oxygen atoms in total. The lowest BCUT2D eigenvalue weighted by Gasteiger charge is -2.06. The van der Waals surface area contributed by atoms with Crippen LogP contribution in [-0.4, -0.2) is 14.9 Å². The zero-order valence-corrected chi connectivity index (χ0v) is 9.21. The number of hydrogen-bond acceptors (Lipinski definition) is 5. The maximum Gasteiger partial charge on any atom is 0.271 e. The van der Waals surface area contributed by atoms with Crippen molar-refractivity contribution in [2.75, 3.05) is 5.32 Å². The van der Waals surface area contributed by atoms with Gasteiger partial charge in [-0.2, -0.15) is 0 Å². The minimum atomic E-state index is -0.576. The number of non-ortho nitro benzene ring substituents is 1. The summed E-state index contributed by atoms with van der Waals surface area (Å²) in [4.78, 5) is 17.9. The van der Waals surface area contributed by atoms with Crippen LogP contribution in [-0.2, 0) is 6.54 Å². The third-order valence-electron chi connectivity index (χ3n) is 2.24. The first-order valence-corrected chi connectivity index (χ1v) is 5.09. The SMILES string of the molecule is O=[N+]([O-])c1ccc(F)c(NCc2cnccn2)c1. The summed E-state index contributed by atoms with van der Waals surface area (Å²) in [6, 6.07) is 3.31. The largest absolute Gasteiger partial charge is 0.377 e. The summed E-state index contributed by atoms with van der Waals surface area (Å²) in [7, 11) is 0. The lowest BCUT2D eigenvalue weighted by atomic mass is 10.2. The van der Waals surface area contributed by atoms with Gasteiger partial charge < -0.3 is 5.32 Å². The van der Waals surface area contributed by atoms with E-state index in [1.165, 1.54) is 18.6 Å². The van der Waals surface area contributed by atoms with Gasteiger partial charge in [-0.15, -0.1) is 0 Å². The number of hydrogen-bond donors (Lipinski definition) is 1. The molecule has 1 aromatic carbocycles. The number of rotatable bonds is 4. The van der Waals surface area contributed by atoms with Crippen LogP contribution < -0.4 is 5.32 Å². The maximum absolute atomic E-state index is 13.4. The monoisotopic (exact) mass is 248 g/mol. The molecule has 0 radical (unpaired) electrons. The molecule has 1 heterocycles. The molecule has 0 aliphatic rings. The molecular weight excluding hydrogens is 239 g/mol. The topological polar surface area (TPSA) is 81.0 Å². The van der Waals surface area contributed by atoms with Crippen molar-refractivity contribution < 1.29 is 9.31 Å². The number of nitro groups is 1. The maximum atomic E-state index is 13.4. The summed E-state index contributed by atoms with van der Waals surface area (Å²) in [5.74, 6) is -0.551. The molecule has 7 heteroatoms. The average Bonchev–Trinajstić information content (AvgIpc) is 2.38. The summed E-state index contributed by atoms with van der Waals surface area (Å²) < 4.78 is 13.4. The molecule has 0 aliphatic carbocycles. The Balaban J connectivity index is 2.14. The van der Waals surface area contributed by atoms with Crippen molar-refractivity contribution in [3.63, 3.8) is 0 Å². The first kappa shape index (κ1) is 11.9. The fourth-order valence-corrected chi connectivity index (χ4v) is 1.37. The lowest BCUT2D eigenvalue weighted by Crippen LogP contribution is -2.04. The lowest BCUT2D eigenvalue weighted by molar-refractivity contribution is -0.384. The van der Waals surface area contributed by atoms with E-state index in [9.17, 15) is 14.5 Å². The molecule has 92 valence electrons. The van der Waals surface area contributed by atoms with E-state index in [0.29, 0.717) is 5.69 Å². The third-order valence-corrected chi connectivity index (χ3v) is 2.24. The van der Waals surface area contributed by atoms with Crippen LogP contribution in [0, 0.1) is 15.9 Å². The molecule has 0 bridgehead atoms. The summed E-state index contributed by atoms with van der Waals surface area (Å²) in [5.41, 5.74) is 0.510. The van der Waals surface area contributed by atoms with Gasteiger partial charge in [0.1, 0.15) is 5.82 Å². The highest BCUT2D eigenvalue weighted by atomic mass is 19.1. The van der Waals surface area contributed by atoms with Gasteiger partial charge in [-0.3, -0.25) is 20.1 Å². The number of halogens is 1. The smallest absolute Gasteiger partial charge is 0.271 e. The van der Waals surface area contributed by atoms with Gasteiger partial charge >= 0.3 is 0 Å². The predicted octanol–water partition coefficient (Wildman–Crippen LogP) is 2.14. The van der Waals surface area contributed by atoms with Crippen LogP contribution in [0.1, 0.15) is 5.69 Å². The van der Waals surface area contributed by atoms with E-state index in [4.69, 9.17) is 0 Å². The molecule has 0 fully saturated rings. The van der Waals surface area contributed by atoms with Crippen LogP contribution >= 0.6 is 0 Å². The van der Waals surface area contributed by atoms with Crippen molar-refractivity contribution in [1.82, 2.24) is 9.97 Å². The van der Waals surface area contributed by atoms with Crippen molar-refractivity contribution in [2.45, 2.75) is 6.54 Å². The van der Waals surface area contributed by atoms with E-state index in [1.807, 2.05) is 0 Å². The molecule has 0 unspecified atom stereocenters. The van der Waals surface area contributed by atoms with Crippen LogP contribution in [0.25, 0.3) is 0 Å². The van der Waals surface area contributed by atoms with E-state index in [1.54, 1.807) is 0 Å². The van der Waals surface area contributed by atoms with Gasteiger partial charge in [0.05, 0.1) is 29.0 Å². The molecule has 0 saturated carbocycles. The highest BCUT2D eigenvalue weighted by molar-refractivity contribution is 5.52. The Bertz CT molecular complexity index is 562. The van der Waals surface area contributed by atoms with E-state index >= 15 is 0 Å². The van der Waals surface area contributed by atoms with Gasteiger partial charge in [0, 0.05) is 24.5 Å². The fourth-order valence-electron chi connectivity index (χ4n) is 1.37. The highest BCUT2D eigenvalue weighted by Crippen LogP contribution is 2.21. The molecule has 2 aromatic rings.